The van der Waals surface area contributed by atoms with Crippen LogP contribution in [-0.4, -0.2) is 67.4 Å². The topological polar surface area (TPSA) is 51.2 Å². The molecule has 2 unspecified atom stereocenters. The smallest absolute Gasteiger partial charge is 0.410 e. The maximum Gasteiger partial charge on any atom is 0.410 e. The molecule has 0 N–H and O–H groups in total. The maximum atomic E-state index is 12.0. The SMILES string of the molecule is CC(C)C1COC(=O)N1CCC1CCN(CC2COc3ccccc3O2)CC1. The minimum Gasteiger partial charge on any atom is -0.486 e. The Morgan fingerprint density at radius 1 is 1.07 bits per heavy atom. The molecule has 2 fully saturated rings. The Bertz CT molecular complexity index is 672. The Morgan fingerprint density at radius 2 is 1.82 bits per heavy atom. The van der Waals surface area contributed by atoms with E-state index >= 15 is 0 Å². The van der Waals surface area contributed by atoms with Crippen LogP contribution in [0.15, 0.2) is 24.3 Å². The first-order chi connectivity index (χ1) is 13.6. The van der Waals surface area contributed by atoms with E-state index in [9.17, 15) is 4.79 Å². The van der Waals surface area contributed by atoms with E-state index in [4.69, 9.17) is 14.2 Å². The van der Waals surface area contributed by atoms with Gasteiger partial charge in [0.2, 0.25) is 0 Å². The first-order valence-corrected chi connectivity index (χ1v) is 10.6. The van der Waals surface area contributed by atoms with Crippen molar-refractivity contribution in [2.45, 2.75) is 45.3 Å². The van der Waals surface area contributed by atoms with Gasteiger partial charge in [-0.25, -0.2) is 4.79 Å². The van der Waals surface area contributed by atoms with Crippen LogP contribution in [0.25, 0.3) is 0 Å². The Labute approximate surface area is 167 Å². The molecule has 3 aliphatic heterocycles. The van der Waals surface area contributed by atoms with Crippen LogP contribution in [0.3, 0.4) is 0 Å². The highest BCUT2D eigenvalue weighted by Gasteiger charge is 2.35. The third-order valence-electron chi connectivity index (χ3n) is 6.30. The molecule has 0 aromatic heterocycles. The number of cyclic esters (lactones) is 1. The van der Waals surface area contributed by atoms with Gasteiger partial charge >= 0.3 is 6.09 Å². The average molecular weight is 389 g/mol. The van der Waals surface area contributed by atoms with Gasteiger partial charge in [-0.3, -0.25) is 4.90 Å². The fraction of sp³-hybridized carbons (Fsp3) is 0.682. The number of carbonyl (C=O) groups excluding carboxylic acids is 1. The molecule has 6 heteroatoms. The van der Waals surface area contributed by atoms with Crippen LogP contribution < -0.4 is 9.47 Å². The minimum absolute atomic E-state index is 0.0950. The van der Waals surface area contributed by atoms with Crippen LogP contribution in [0.4, 0.5) is 4.79 Å². The van der Waals surface area contributed by atoms with Crippen molar-refractivity contribution in [2.75, 3.05) is 39.4 Å². The molecular weight excluding hydrogens is 356 g/mol. The number of hydrogen-bond donors (Lipinski definition) is 0. The van der Waals surface area contributed by atoms with Crippen LogP contribution in [-0.2, 0) is 4.74 Å². The lowest BCUT2D eigenvalue weighted by molar-refractivity contribution is 0.0465. The monoisotopic (exact) mass is 388 g/mol. The lowest BCUT2D eigenvalue weighted by Gasteiger charge is -2.36. The number of fused-ring (bicyclic) bond motifs is 1. The van der Waals surface area contributed by atoms with Crippen LogP contribution in [0.5, 0.6) is 11.5 Å². The highest BCUT2D eigenvalue weighted by atomic mass is 16.6. The second-order valence-electron chi connectivity index (χ2n) is 8.61. The molecule has 0 radical (unpaired) electrons. The van der Waals surface area contributed by atoms with E-state index in [1.165, 1.54) is 12.8 Å². The number of ether oxygens (including phenoxy) is 3. The van der Waals surface area contributed by atoms with Crippen molar-refractivity contribution in [2.24, 2.45) is 11.8 Å². The zero-order valence-corrected chi connectivity index (χ0v) is 17.0. The lowest BCUT2D eigenvalue weighted by atomic mass is 9.92. The number of piperidine rings is 1. The van der Waals surface area contributed by atoms with Crippen molar-refractivity contribution in [3.05, 3.63) is 24.3 Å². The molecule has 3 heterocycles. The summed E-state index contributed by atoms with van der Waals surface area (Å²) >= 11 is 0. The molecule has 2 atom stereocenters. The molecule has 3 aliphatic rings. The van der Waals surface area contributed by atoms with Crippen LogP contribution >= 0.6 is 0 Å². The second kappa shape index (κ2) is 8.60. The van der Waals surface area contributed by atoms with E-state index in [-0.39, 0.29) is 18.2 Å². The Kier molecular flexibility index (Phi) is 5.95. The zero-order valence-electron chi connectivity index (χ0n) is 17.0. The van der Waals surface area contributed by atoms with Gasteiger partial charge in [-0.2, -0.15) is 0 Å². The molecule has 0 aliphatic carbocycles. The van der Waals surface area contributed by atoms with Gasteiger partial charge in [0.25, 0.3) is 0 Å². The summed E-state index contributed by atoms with van der Waals surface area (Å²) in [6, 6.07) is 8.12. The van der Waals surface area contributed by atoms with Crippen molar-refractivity contribution in [1.29, 1.82) is 0 Å². The Balaban J connectivity index is 1.20. The van der Waals surface area contributed by atoms with Gasteiger partial charge in [0.1, 0.15) is 19.3 Å². The summed E-state index contributed by atoms with van der Waals surface area (Å²) in [5.74, 6) is 2.82. The van der Waals surface area contributed by atoms with Crippen LogP contribution in [0.2, 0.25) is 0 Å². The van der Waals surface area contributed by atoms with Gasteiger partial charge in [-0.15, -0.1) is 0 Å². The first-order valence-electron chi connectivity index (χ1n) is 10.6. The highest BCUT2D eigenvalue weighted by molar-refractivity contribution is 5.70. The largest absolute Gasteiger partial charge is 0.486 e. The third-order valence-corrected chi connectivity index (χ3v) is 6.30. The van der Waals surface area contributed by atoms with E-state index in [1.54, 1.807) is 0 Å². The predicted molar refractivity (Wildman–Crippen MR) is 107 cm³/mol. The summed E-state index contributed by atoms with van der Waals surface area (Å²) in [5.41, 5.74) is 0. The summed E-state index contributed by atoms with van der Waals surface area (Å²) in [5, 5.41) is 0. The maximum absolute atomic E-state index is 12.0. The number of benzene rings is 1. The summed E-state index contributed by atoms with van der Waals surface area (Å²) in [6.45, 7) is 9.39. The van der Waals surface area contributed by atoms with Gasteiger partial charge < -0.3 is 19.1 Å². The fourth-order valence-corrected chi connectivity index (χ4v) is 4.49. The van der Waals surface area contributed by atoms with Crippen molar-refractivity contribution in [3.63, 3.8) is 0 Å². The van der Waals surface area contributed by atoms with E-state index < -0.39 is 0 Å². The normalized spacial score (nSPS) is 26.0. The van der Waals surface area contributed by atoms with Gasteiger partial charge in [-0.1, -0.05) is 26.0 Å². The van der Waals surface area contributed by atoms with Gasteiger partial charge in [-0.05, 0) is 56.3 Å². The standard InChI is InChI=1S/C22H32N2O4/c1-16(2)19-15-27-22(25)24(19)12-9-17-7-10-23(11-8-17)13-18-14-26-20-5-3-4-6-21(20)28-18/h3-6,16-19H,7-15H2,1-2H3. The van der Waals surface area contributed by atoms with Crippen LogP contribution in [0.1, 0.15) is 33.1 Å². The van der Waals surface area contributed by atoms with E-state index in [0.717, 1.165) is 44.1 Å². The van der Waals surface area contributed by atoms with E-state index in [1.807, 2.05) is 29.2 Å². The van der Waals surface area contributed by atoms with E-state index in [0.29, 0.717) is 25.0 Å². The zero-order chi connectivity index (χ0) is 19.5. The minimum atomic E-state index is -0.133. The molecule has 2 saturated heterocycles. The third kappa shape index (κ3) is 4.37. The quantitative estimate of drug-likeness (QED) is 0.748. The predicted octanol–water partition coefficient (Wildman–Crippen LogP) is 3.41. The first kappa shape index (κ1) is 19.4. The number of hydrogen-bond acceptors (Lipinski definition) is 5. The number of rotatable bonds is 6. The molecule has 28 heavy (non-hydrogen) atoms. The van der Waals surface area contributed by atoms with Gasteiger partial charge in [0, 0.05) is 13.1 Å². The number of carbonyl (C=O) groups is 1. The number of amides is 1. The molecule has 1 aromatic carbocycles. The van der Waals surface area contributed by atoms with Crippen molar-refractivity contribution >= 4 is 6.09 Å². The summed E-state index contributed by atoms with van der Waals surface area (Å²) in [4.78, 5) is 16.4. The lowest BCUT2D eigenvalue weighted by Crippen LogP contribution is -2.44. The summed E-state index contributed by atoms with van der Waals surface area (Å²) in [7, 11) is 0. The van der Waals surface area contributed by atoms with Crippen molar-refractivity contribution in [3.8, 4) is 11.5 Å². The molecule has 0 saturated carbocycles. The second-order valence-corrected chi connectivity index (χ2v) is 8.61. The average Bonchev–Trinajstić information content (AvgIpc) is 3.08. The van der Waals surface area contributed by atoms with Crippen LogP contribution in [0, 0.1) is 11.8 Å². The molecule has 4 rings (SSSR count). The van der Waals surface area contributed by atoms with Gasteiger partial charge in [0.15, 0.2) is 11.5 Å². The fourth-order valence-electron chi connectivity index (χ4n) is 4.49. The van der Waals surface area contributed by atoms with Gasteiger partial charge in [0.05, 0.1) is 6.04 Å². The molecule has 154 valence electrons. The molecule has 6 nitrogen and oxygen atoms in total. The Hall–Kier alpha value is -1.95. The number of likely N-dealkylation sites (tertiary alicyclic amines) is 1. The molecule has 0 spiro atoms. The molecular formula is C22H32N2O4. The van der Waals surface area contributed by atoms with E-state index in [2.05, 4.69) is 18.7 Å². The Morgan fingerprint density at radius 3 is 2.57 bits per heavy atom. The van der Waals surface area contributed by atoms with Crippen molar-refractivity contribution in [1.82, 2.24) is 9.80 Å². The highest BCUT2D eigenvalue weighted by Crippen LogP contribution is 2.31. The molecule has 1 amide bonds. The molecule has 0 bridgehead atoms. The van der Waals surface area contributed by atoms with Crippen molar-refractivity contribution < 1.29 is 19.0 Å². The summed E-state index contributed by atoms with van der Waals surface area (Å²) in [6.07, 6.45) is 3.39. The molecule has 1 aromatic rings. The number of nitrogens with zero attached hydrogens (tertiary/aromatic N) is 2. The number of para-hydroxylation sites is 2. The summed E-state index contributed by atoms with van der Waals surface area (Å²) < 4.78 is 17.2.